The summed E-state index contributed by atoms with van der Waals surface area (Å²) in [5.74, 6) is 0. The second kappa shape index (κ2) is 5.50. The molecule has 94 valence electrons. The molecule has 0 amide bonds. The number of anilines is 1. The van der Waals surface area contributed by atoms with Crippen LogP contribution < -0.4 is 4.90 Å². The first-order valence-corrected chi connectivity index (χ1v) is 6.63. The molecular formula is C14H22N2O. The van der Waals surface area contributed by atoms with Crippen LogP contribution in [-0.4, -0.2) is 22.7 Å². The quantitative estimate of drug-likeness (QED) is 0.870. The Kier molecular flexibility index (Phi) is 4.00. The maximum absolute atomic E-state index is 9.45. The molecule has 3 nitrogen and oxygen atoms in total. The van der Waals surface area contributed by atoms with Gasteiger partial charge in [-0.3, -0.25) is 4.98 Å². The molecular weight excluding hydrogens is 212 g/mol. The van der Waals surface area contributed by atoms with E-state index in [2.05, 4.69) is 22.9 Å². The molecule has 0 aliphatic heterocycles. The minimum Gasteiger partial charge on any atom is -0.387 e. The molecule has 1 atom stereocenters. The second-order valence-electron chi connectivity index (χ2n) is 4.84. The molecule has 1 aliphatic carbocycles. The maximum Gasteiger partial charge on any atom is 0.0931 e. The van der Waals surface area contributed by atoms with Gasteiger partial charge in [-0.25, -0.2) is 0 Å². The zero-order valence-electron chi connectivity index (χ0n) is 10.8. The highest BCUT2D eigenvalue weighted by Gasteiger charge is 2.21. The highest BCUT2D eigenvalue weighted by Crippen LogP contribution is 2.28. The Labute approximate surface area is 103 Å². The van der Waals surface area contributed by atoms with Crippen molar-refractivity contribution in [3.63, 3.8) is 0 Å². The van der Waals surface area contributed by atoms with Gasteiger partial charge in [-0.15, -0.1) is 0 Å². The van der Waals surface area contributed by atoms with E-state index in [1.54, 1.807) is 6.92 Å². The summed E-state index contributed by atoms with van der Waals surface area (Å²) in [5.41, 5.74) is 1.93. The lowest BCUT2D eigenvalue weighted by Gasteiger charge is -2.29. The average molecular weight is 234 g/mol. The largest absolute Gasteiger partial charge is 0.387 e. The topological polar surface area (TPSA) is 36.4 Å². The van der Waals surface area contributed by atoms with E-state index in [4.69, 9.17) is 0 Å². The molecule has 0 radical (unpaired) electrons. The fourth-order valence-corrected chi connectivity index (χ4v) is 2.68. The van der Waals surface area contributed by atoms with Gasteiger partial charge in [0.15, 0.2) is 0 Å². The summed E-state index contributed by atoms with van der Waals surface area (Å²) in [7, 11) is 0. The van der Waals surface area contributed by atoms with Gasteiger partial charge in [0.25, 0.3) is 0 Å². The Bertz CT molecular complexity index is 342. The van der Waals surface area contributed by atoms with Crippen LogP contribution in [0.3, 0.4) is 0 Å². The Morgan fingerprint density at radius 2 is 2.12 bits per heavy atom. The number of pyridine rings is 1. The zero-order valence-corrected chi connectivity index (χ0v) is 10.8. The zero-order chi connectivity index (χ0) is 12.3. The van der Waals surface area contributed by atoms with Crippen molar-refractivity contribution in [3.8, 4) is 0 Å². The van der Waals surface area contributed by atoms with Crippen LogP contribution in [0.15, 0.2) is 18.3 Å². The first kappa shape index (κ1) is 12.4. The molecule has 1 aromatic rings. The standard InChI is InChI=1S/C14H22N2O/c1-3-16(12-6-4-5-7-12)13-8-9-14(11(2)17)15-10-13/h8-12,17H,3-7H2,1-2H3/t11-/m1/s1. The average Bonchev–Trinajstić information content (AvgIpc) is 2.84. The number of nitrogens with zero attached hydrogens (tertiary/aromatic N) is 2. The van der Waals surface area contributed by atoms with Crippen molar-refractivity contribution < 1.29 is 5.11 Å². The van der Waals surface area contributed by atoms with Crippen LogP contribution in [-0.2, 0) is 0 Å². The Morgan fingerprint density at radius 1 is 1.41 bits per heavy atom. The first-order chi connectivity index (χ1) is 8.22. The van der Waals surface area contributed by atoms with Gasteiger partial charge in [-0.2, -0.15) is 0 Å². The van der Waals surface area contributed by atoms with Crippen LogP contribution in [0.5, 0.6) is 0 Å². The number of hydrogen-bond donors (Lipinski definition) is 1. The number of rotatable bonds is 4. The molecule has 1 aromatic heterocycles. The summed E-state index contributed by atoms with van der Waals surface area (Å²) >= 11 is 0. The van der Waals surface area contributed by atoms with E-state index in [0.29, 0.717) is 6.04 Å². The molecule has 17 heavy (non-hydrogen) atoms. The van der Waals surface area contributed by atoms with Gasteiger partial charge >= 0.3 is 0 Å². The van der Waals surface area contributed by atoms with Crippen LogP contribution in [0, 0.1) is 0 Å². The third-order valence-corrected chi connectivity index (χ3v) is 3.64. The summed E-state index contributed by atoms with van der Waals surface area (Å²) in [5, 5.41) is 9.45. The smallest absolute Gasteiger partial charge is 0.0931 e. The van der Waals surface area contributed by atoms with Gasteiger partial charge in [-0.1, -0.05) is 12.8 Å². The Hall–Kier alpha value is -1.09. The van der Waals surface area contributed by atoms with Gasteiger partial charge in [0, 0.05) is 12.6 Å². The third kappa shape index (κ3) is 2.78. The van der Waals surface area contributed by atoms with E-state index < -0.39 is 6.10 Å². The molecule has 1 N–H and O–H groups in total. The number of hydrogen-bond acceptors (Lipinski definition) is 3. The van der Waals surface area contributed by atoms with Crippen LogP contribution in [0.4, 0.5) is 5.69 Å². The molecule has 0 spiro atoms. The lowest BCUT2D eigenvalue weighted by Crippen LogP contribution is -2.33. The van der Waals surface area contributed by atoms with Gasteiger partial charge in [0.05, 0.1) is 23.7 Å². The van der Waals surface area contributed by atoms with E-state index in [1.807, 2.05) is 12.3 Å². The maximum atomic E-state index is 9.45. The van der Waals surface area contributed by atoms with E-state index in [1.165, 1.54) is 31.4 Å². The molecule has 0 saturated heterocycles. The van der Waals surface area contributed by atoms with Crippen molar-refractivity contribution in [2.75, 3.05) is 11.4 Å². The second-order valence-corrected chi connectivity index (χ2v) is 4.84. The molecule has 1 fully saturated rings. The van der Waals surface area contributed by atoms with Crippen molar-refractivity contribution in [1.29, 1.82) is 0 Å². The molecule has 0 aromatic carbocycles. The highest BCUT2D eigenvalue weighted by molar-refractivity contribution is 5.46. The third-order valence-electron chi connectivity index (χ3n) is 3.64. The van der Waals surface area contributed by atoms with Crippen molar-refractivity contribution in [1.82, 2.24) is 4.98 Å². The van der Waals surface area contributed by atoms with Crippen molar-refractivity contribution >= 4 is 5.69 Å². The summed E-state index contributed by atoms with van der Waals surface area (Å²) < 4.78 is 0. The molecule has 0 bridgehead atoms. The van der Waals surface area contributed by atoms with Crippen molar-refractivity contribution in [2.45, 2.75) is 51.7 Å². The monoisotopic (exact) mass is 234 g/mol. The first-order valence-electron chi connectivity index (χ1n) is 6.63. The normalized spacial score (nSPS) is 18.3. The van der Waals surface area contributed by atoms with Gasteiger partial charge in [-0.05, 0) is 38.8 Å². The summed E-state index contributed by atoms with van der Waals surface area (Å²) in [4.78, 5) is 6.76. The number of aliphatic hydroxyl groups excluding tert-OH is 1. The molecule has 2 rings (SSSR count). The Morgan fingerprint density at radius 3 is 2.59 bits per heavy atom. The lowest BCUT2D eigenvalue weighted by molar-refractivity contribution is 0.194. The van der Waals surface area contributed by atoms with Gasteiger partial charge < -0.3 is 10.0 Å². The molecule has 0 unspecified atom stereocenters. The molecule has 1 heterocycles. The summed E-state index contributed by atoms with van der Waals surface area (Å²) in [6, 6.07) is 4.69. The predicted octanol–water partition coefficient (Wildman–Crippen LogP) is 2.90. The van der Waals surface area contributed by atoms with Crippen LogP contribution in [0.1, 0.15) is 51.3 Å². The lowest BCUT2D eigenvalue weighted by atomic mass is 10.2. The Balaban J connectivity index is 2.13. The molecule has 1 aliphatic rings. The SMILES string of the molecule is CCN(c1ccc([C@@H](C)O)nc1)C1CCCC1. The summed E-state index contributed by atoms with van der Waals surface area (Å²) in [6.07, 6.45) is 6.70. The van der Waals surface area contributed by atoms with E-state index >= 15 is 0 Å². The fourth-order valence-electron chi connectivity index (χ4n) is 2.68. The predicted molar refractivity (Wildman–Crippen MR) is 70.1 cm³/mol. The molecule has 3 heteroatoms. The van der Waals surface area contributed by atoms with E-state index in [0.717, 1.165) is 12.2 Å². The van der Waals surface area contributed by atoms with Crippen molar-refractivity contribution in [3.05, 3.63) is 24.0 Å². The summed E-state index contributed by atoms with van der Waals surface area (Å²) in [6.45, 7) is 4.97. The van der Waals surface area contributed by atoms with Crippen LogP contribution in [0.25, 0.3) is 0 Å². The van der Waals surface area contributed by atoms with Crippen LogP contribution in [0.2, 0.25) is 0 Å². The highest BCUT2D eigenvalue weighted by atomic mass is 16.3. The number of aromatic nitrogens is 1. The number of aliphatic hydroxyl groups is 1. The van der Waals surface area contributed by atoms with Gasteiger partial charge in [0.2, 0.25) is 0 Å². The van der Waals surface area contributed by atoms with Crippen molar-refractivity contribution in [2.24, 2.45) is 0 Å². The minimum atomic E-state index is -0.481. The minimum absolute atomic E-state index is 0.481. The van der Waals surface area contributed by atoms with E-state index in [9.17, 15) is 5.11 Å². The van der Waals surface area contributed by atoms with Crippen LogP contribution >= 0.6 is 0 Å². The van der Waals surface area contributed by atoms with Gasteiger partial charge in [0.1, 0.15) is 0 Å². The van der Waals surface area contributed by atoms with E-state index in [-0.39, 0.29) is 0 Å². The molecule has 1 saturated carbocycles. The fraction of sp³-hybridized carbons (Fsp3) is 0.643.